The lowest BCUT2D eigenvalue weighted by Gasteiger charge is -2.23. The maximum Gasteiger partial charge on any atom is 0.407 e. The maximum atomic E-state index is 13.1. The molecule has 0 aliphatic carbocycles. The number of H-pyrrole nitrogens is 2. The van der Waals surface area contributed by atoms with Crippen LogP contribution in [0.3, 0.4) is 0 Å². The van der Waals surface area contributed by atoms with Crippen molar-refractivity contribution >= 4 is 12.0 Å². The molecule has 1 fully saturated rings. The number of hydrogen-bond donors (Lipinski definition) is 4. The van der Waals surface area contributed by atoms with Crippen molar-refractivity contribution in [2.24, 2.45) is 0 Å². The van der Waals surface area contributed by atoms with E-state index in [0.29, 0.717) is 31.9 Å². The van der Waals surface area contributed by atoms with Gasteiger partial charge < -0.3 is 30.1 Å². The summed E-state index contributed by atoms with van der Waals surface area (Å²) >= 11 is 0. The van der Waals surface area contributed by atoms with E-state index >= 15 is 0 Å². The molecular weight excluding hydrogens is 520 g/mol. The normalized spacial score (nSPS) is 18.5. The summed E-state index contributed by atoms with van der Waals surface area (Å²) in [6.45, 7) is 3.09. The number of aromatic amines is 2. The number of methoxy groups -OCH3 is 1. The summed E-state index contributed by atoms with van der Waals surface area (Å²) < 4.78 is 10.5. The van der Waals surface area contributed by atoms with Crippen molar-refractivity contribution in [1.29, 1.82) is 0 Å². The number of carbonyl (C=O) groups is 2. The van der Waals surface area contributed by atoms with Gasteiger partial charge in [0.05, 0.1) is 30.7 Å². The molecule has 2 atom stereocenters. The maximum absolute atomic E-state index is 13.1. The Labute approximate surface area is 239 Å². The number of benzene rings is 2. The highest BCUT2D eigenvalue weighted by molar-refractivity contribution is 5.85. The lowest BCUT2D eigenvalue weighted by atomic mass is 10.0. The monoisotopic (exact) mass is 556 g/mol. The molecule has 2 aromatic carbocycles. The summed E-state index contributed by atoms with van der Waals surface area (Å²) in [7, 11) is 1.29. The highest BCUT2D eigenvalue weighted by Crippen LogP contribution is 2.27. The minimum Gasteiger partial charge on any atom is -0.453 e. The summed E-state index contributed by atoms with van der Waals surface area (Å²) in [6.07, 6.45) is 6.77. The standard InChI is InChI=1S/C31H36N6O4/c1-20-32-18-27(34-20)23-11-7-21(8-12-23)22-9-13-24(14-10-22)28-19-33-29(35-28)25-15-17-41-16-5-3-4-6-26(30(38)36-25)37-31(39)40-2/h7-14,18-19,25-26H,3-6,15-17H2,1-2H3,(H,32,34)(H,33,35)(H,36,38)(H,37,39)/t25-,26-/m0/s1. The smallest absolute Gasteiger partial charge is 0.407 e. The van der Waals surface area contributed by atoms with Crippen molar-refractivity contribution in [2.45, 2.75) is 51.1 Å². The van der Waals surface area contributed by atoms with Gasteiger partial charge in [-0.05, 0) is 42.9 Å². The van der Waals surface area contributed by atoms with Crippen molar-refractivity contribution in [2.75, 3.05) is 20.3 Å². The number of alkyl carbamates (subject to hydrolysis) is 1. The molecule has 0 unspecified atom stereocenters. The highest BCUT2D eigenvalue weighted by atomic mass is 16.5. The zero-order valence-electron chi connectivity index (χ0n) is 23.4. The molecule has 5 rings (SSSR count). The van der Waals surface area contributed by atoms with Gasteiger partial charge in [0, 0.05) is 25.0 Å². The molecular formula is C31H36N6O4. The van der Waals surface area contributed by atoms with Crippen LogP contribution >= 0.6 is 0 Å². The Morgan fingerprint density at radius 1 is 0.951 bits per heavy atom. The molecule has 10 nitrogen and oxygen atoms in total. The molecule has 4 N–H and O–H groups in total. The van der Waals surface area contributed by atoms with Crippen LogP contribution in [0, 0.1) is 6.92 Å². The summed E-state index contributed by atoms with van der Waals surface area (Å²) in [5.74, 6) is 1.26. The fraction of sp³-hybridized carbons (Fsp3) is 0.355. The second-order valence-corrected chi connectivity index (χ2v) is 10.2. The van der Waals surface area contributed by atoms with Crippen molar-refractivity contribution in [3.05, 3.63) is 72.6 Å². The minimum absolute atomic E-state index is 0.267. The Morgan fingerprint density at radius 3 is 2.34 bits per heavy atom. The number of imidazole rings is 2. The fourth-order valence-electron chi connectivity index (χ4n) is 4.95. The first-order chi connectivity index (χ1) is 20.0. The third kappa shape index (κ3) is 7.20. The summed E-state index contributed by atoms with van der Waals surface area (Å²) in [6, 6.07) is 15.5. The third-order valence-corrected chi connectivity index (χ3v) is 7.28. The van der Waals surface area contributed by atoms with E-state index in [4.69, 9.17) is 9.47 Å². The average Bonchev–Trinajstić information content (AvgIpc) is 3.66. The third-order valence-electron chi connectivity index (χ3n) is 7.28. The predicted molar refractivity (Wildman–Crippen MR) is 156 cm³/mol. The highest BCUT2D eigenvalue weighted by Gasteiger charge is 2.26. The molecule has 2 aromatic heterocycles. The van der Waals surface area contributed by atoms with Crippen LogP contribution in [0.4, 0.5) is 4.79 Å². The summed E-state index contributed by atoms with van der Waals surface area (Å²) in [5.41, 5.74) is 6.05. The predicted octanol–water partition coefficient (Wildman–Crippen LogP) is 5.30. The molecule has 1 aliphatic rings. The van der Waals surface area contributed by atoms with E-state index in [-0.39, 0.29) is 5.91 Å². The summed E-state index contributed by atoms with van der Waals surface area (Å²) in [4.78, 5) is 40.6. The molecule has 0 saturated carbocycles. The Kier molecular flexibility index (Phi) is 9.10. The topological polar surface area (TPSA) is 134 Å². The molecule has 3 heterocycles. The van der Waals surface area contributed by atoms with E-state index in [1.54, 1.807) is 6.20 Å². The number of nitrogens with zero attached hydrogens (tertiary/aromatic N) is 2. The number of aryl methyl sites for hydroxylation is 1. The van der Waals surface area contributed by atoms with Crippen LogP contribution in [-0.4, -0.2) is 58.3 Å². The first-order valence-electron chi connectivity index (χ1n) is 14.0. The molecule has 10 heteroatoms. The number of rotatable bonds is 5. The Balaban J connectivity index is 1.29. The lowest BCUT2D eigenvalue weighted by molar-refractivity contribution is -0.124. The fourth-order valence-corrected chi connectivity index (χ4v) is 4.95. The van der Waals surface area contributed by atoms with Crippen LogP contribution in [0.2, 0.25) is 0 Å². The SMILES string of the molecule is COC(=O)N[C@H]1CCCCCOCC[C@@H](c2ncc(-c3ccc(-c4ccc(-c5c[nH]c(C)n5)cc4)cc3)[nH]2)NC1=O. The van der Waals surface area contributed by atoms with E-state index in [2.05, 4.69) is 79.1 Å². The van der Waals surface area contributed by atoms with Gasteiger partial charge in [0.15, 0.2) is 0 Å². The molecule has 41 heavy (non-hydrogen) atoms. The van der Waals surface area contributed by atoms with Crippen LogP contribution in [0.15, 0.2) is 60.9 Å². The average molecular weight is 557 g/mol. The van der Waals surface area contributed by atoms with Crippen molar-refractivity contribution < 1.29 is 19.1 Å². The number of hydrogen-bond acceptors (Lipinski definition) is 6. The second kappa shape index (κ2) is 13.3. The van der Waals surface area contributed by atoms with Crippen molar-refractivity contribution in [1.82, 2.24) is 30.6 Å². The van der Waals surface area contributed by atoms with E-state index in [1.807, 2.05) is 13.1 Å². The van der Waals surface area contributed by atoms with Crippen LogP contribution in [0.1, 0.15) is 49.8 Å². The Morgan fingerprint density at radius 2 is 1.66 bits per heavy atom. The van der Waals surface area contributed by atoms with Crippen LogP contribution in [0.5, 0.6) is 0 Å². The van der Waals surface area contributed by atoms with Gasteiger partial charge in [0.2, 0.25) is 5.91 Å². The molecule has 1 saturated heterocycles. The van der Waals surface area contributed by atoms with Gasteiger partial charge in [0.25, 0.3) is 0 Å². The van der Waals surface area contributed by atoms with Gasteiger partial charge in [-0.3, -0.25) is 4.79 Å². The zero-order chi connectivity index (χ0) is 28.6. The van der Waals surface area contributed by atoms with Crippen LogP contribution in [-0.2, 0) is 14.3 Å². The summed E-state index contributed by atoms with van der Waals surface area (Å²) in [5, 5.41) is 5.72. The van der Waals surface area contributed by atoms with Gasteiger partial charge in [-0.2, -0.15) is 0 Å². The van der Waals surface area contributed by atoms with Gasteiger partial charge in [-0.15, -0.1) is 0 Å². The number of amides is 2. The second-order valence-electron chi connectivity index (χ2n) is 10.2. The molecule has 0 bridgehead atoms. The van der Waals surface area contributed by atoms with Gasteiger partial charge >= 0.3 is 6.09 Å². The molecule has 0 spiro atoms. The van der Waals surface area contributed by atoms with Crippen LogP contribution in [0.25, 0.3) is 33.6 Å². The van der Waals surface area contributed by atoms with E-state index in [1.165, 1.54) is 7.11 Å². The van der Waals surface area contributed by atoms with E-state index in [0.717, 1.165) is 58.7 Å². The largest absolute Gasteiger partial charge is 0.453 e. The molecule has 4 aromatic rings. The Hall–Kier alpha value is -4.44. The van der Waals surface area contributed by atoms with Crippen molar-refractivity contribution in [3.63, 3.8) is 0 Å². The van der Waals surface area contributed by atoms with E-state index in [9.17, 15) is 9.59 Å². The number of aromatic nitrogens is 4. The minimum atomic E-state index is -0.676. The van der Waals surface area contributed by atoms with Crippen LogP contribution < -0.4 is 10.6 Å². The van der Waals surface area contributed by atoms with Crippen molar-refractivity contribution in [3.8, 4) is 33.6 Å². The number of carbonyl (C=O) groups excluding carboxylic acids is 2. The first kappa shape index (κ1) is 28.1. The molecule has 0 radical (unpaired) electrons. The first-order valence-corrected chi connectivity index (χ1v) is 14.0. The van der Waals surface area contributed by atoms with Gasteiger partial charge in [-0.1, -0.05) is 61.4 Å². The van der Waals surface area contributed by atoms with Gasteiger partial charge in [0.1, 0.15) is 17.7 Å². The molecule has 214 valence electrons. The van der Waals surface area contributed by atoms with Gasteiger partial charge in [-0.25, -0.2) is 14.8 Å². The zero-order valence-corrected chi connectivity index (χ0v) is 23.4. The lowest BCUT2D eigenvalue weighted by Crippen LogP contribution is -2.48. The molecule has 1 aliphatic heterocycles. The quantitative estimate of drug-likeness (QED) is 0.263. The molecule has 2 amide bonds. The number of nitrogens with one attached hydrogen (secondary N) is 4. The number of ether oxygens (including phenoxy) is 2. The Bertz CT molecular complexity index is 1440. The van der Waals surface area contributed by atoms with E-state index < -0.39 is 18.2 Å².